The van der Waals surface area contributed by atoms with Gasteiger partial charge in [0.15, 0.2) is 0 Å². The monoisotopic (exact) mass is 337 g/mol. The van der Waals surface area contributed by atoms with Crippen molar-refractivity contribution in [2.24, 2.45) is 11.8 Å². The van der Waals surface area contributed by atoms with Crippen LogP contribution in [-0.2, 0) is 14.3 Å². The van der Waals surface area contributed by atoms with Crippen molar-refractivity contribution in [3.63, 3.8) is 0 Å². The first-order valence-corrected chi connectivity index (χ1v) is 9.50. The van der Waals surface area contributed by atoms with E-state index in [4.69, 9.17) is 4.74 Å². The van der Waals surface area contributed by atoms with Crippen LogP contribution >= 0.6 is 0 Å². The zero-order valence-corrected chi connectivity index (χ0v) is 14.9. The number of carbonyl (C=O) groups is 2. The van der Waals surface area contributed by atoms with Crippen LogP contribution in [-0.4, -0.2) is 85.5 Å². The number of morpholine rings is 1. The van der Waals surface area contributed by atoms with Gasteiger partial charge in [0.05, 0.1) is 19.8 Å². The van der Waals surface area contributed by atoms with E-state index < -0.39 is 0 Å². The van der Waals surface area contributed by atoms with Gasteiger partial charge < -0.3 is 14.5 Å². The van der Waals surface area contributed by atoms with E-state index in [0.717, 1.165) is 58.5 Å². The summed E-state index contributed by atoms with van der Waals surface area (Å²) in [5.41, 5.74) is 0. The molecule has 1 atom stereocenters. The molecule has 3 aliphatic heterocycles. The number of carbonyl (C=O) groups excluding carboxylic acids is 2. The van der Waals surface area contributed by atoms with Gasteiger partial charge in [0.25, 0.3) is 0 Å². The molecule has 0 aromatic heterocycles. The second-order valence-electron chi connectivity index (χ2n) is 7.58. The van der Waals surface area contributed by atoms with Crippen molar-refractivity contribution in [1.82, 2.24) is 14.7 Å². The highest BCUT2D eigenvalue weighted by molar-refractivity contribution is 5.80. The fourth-order valence-corrected chi connectivity index (χ4v) is 4.09. The summed E-state index contributed by atoms with van der Waals surface area (Å²) in [6.07, 6.45) is 4.11. The Bertz CT molecular complexity index is 443. The maximum Gasteiger partial charge on any atom is 0.236 e. The van der Waals surface area contributed by atoms with Gasteiger partial charge in [0.2, 0.25) is 11.8 Å². The minimum Gasteiger partial charge on any atom is -0.378 e. The predicted molar refractivity (Wildman–Crippen MR) is 91.5 cm³/mol. The first-order chi connectivity index (χ1) is 11.6. The number of piperidine rings is 2. The van der Waals surface area contributed by atoms with Crippen molar-refractivity contribution < 1.29 is 14.3 Å². The lowest BCUT2D eigenvalue weighted by Gasteiger charge is -2.37. The van der Waals surface area contributed by atoms with Crippen molar-refractivity contribution in [3.05, 3.63) is 0 Å². The molecule has 3 saturated heterocycles. The number of ether oxygens (including phenoxy) is 1. The maximum absolute atomic E-state index is 12.5. The van der Waals surface area contributed by atoms with E-state index in [-0.39, 0.29) is 17.7 Å². The Morgan fingerprint density at radius 2 is 1.67 bits per heavy atom. The summed E-state index contributed by atoms with van der Waals surface area (Å²) >= 11 is 0. The molecule has 24 heavy (non-hydrogen) atoms. The van der Waals surface area contributed by atoms with E-state index >= 15 is 0 Å². The van der Waals surface area contributed by atoms with E-state index in [0.29, 0.717) is 25.7 Å². The van der Waals surface area contributed by atoms with Crippen molar-refractivity contribution in [3.8, 4) is 0 Å². The maximum atomic E-state index is 12.5. The van der Waals surface area contributed by atoms with Crippen LogP contribution in [0.4, 0.5) is 0 Å². The average Bonchev–Trinajstić information content (AvgIpc) is 2.62. The molecular weight excluding hydrogens is 306 g/mol. The molecule has 136 valence electrons. The molecule has 0 aromatic rings. The molecule has 0 aliphatic carbocycles. The van der Waals surface area contributed by atoms with Gasteiger partial charge in [-0.1, -0.05) is 6.92 Å². The summed E-state index contributed by atoms with van der Waals surface area (Å²) in [6, 6.07) is 0. The highest BCUT2D eigenvalue weighted by Gasteiger charge is 2.30. The van der Waals surface area contributed by atoms with Crippen molar-refractivity contribution in [2.45, 2.75) is 32.6 Å². The Balaban J connectivity index is 1.41. The van der Waals surface area contributed by atoms with Crippen LogP contribution in [0.3, 0.4) is 0 Å². The summed E-state index contributed by atoms with van der Waals surface area (Å²) in [5.74, 6) is 1.30. The van der Waals surface area contributed by atoms with Gasteiger partial charge in [-0.2, -0.15) is 0 Å². The highest BCUT2D eigenvalue weighted by atomic mass is 16.5. The zero-order chi connectivity index (χ0) is 16.9. The largest absolute Gasteiger partial charge is 0.378 e. The minimum atomic E-state index is 0.129. The lowest BCUT2D eigenvalue weighted by atomic mass is 9.95. The smallest absolute Gasteiger partial charge is 0.236 e. The summed E-state index contributed by atoms with van der Waals surface area (Å²) in [4.78, 5) is 31.2. The second-order valence-corrected chi connectivity index (χ2v) is 7.58. The quantitative estimate of drug-likeness (QED) is 0.765. The molecule has 3 heterocycles. The predicted octanol–water partition coefficient (Wildman–Crippen LogP) is 0.816. The van der Waals surface area contributed by atoms with Crippen molar-refractivity contribution >= 4 is 11.8 Å². The van der Waals surface area contributed by atoms with Crippen LogP contribution < -0.4 is 0 Å². The van der Waals surface area contributed by atoms with Crippen LogP contribution in [0.2, 0.25) is 0 Å². The van der Waals surface area contributed by atoms with E-state index in [2.05, 4.69) is 11.8 Å². The Hall–Kier alpha value is -1.14. The fourth-order valence-electron chi connectivity index (χ4n) is 4.09. The molecule has 0 spiro atoms. The topological polar surface area (TPSA) is 53.1 Å². The van der Waals surface area contributed by atoms with Crippen LogP contribution in [0.15, 0.2) is 0 Å². The van der Waals surface area contributed by atoms with Crippen molar-refractivity contribution in [1.29, 1.82) is 0 Å². The molecule has 6 nitrogen and oxygen atoms in total. The van der Waals surface area contributed by atoms with Gasteiger partial charge in [-0.05, 0) is 44.7 Å². The van der Waals surface area contributed by atoms with Crippen LogP contribution in [0.1, 0.15) is 32.6 Å². The number of likely N-dealkylation sites (tertiary alicyclic amines) is 2. The number of rotatable bonds is 3. The average molecular weight is 337 g/mol. The third kappa shape index (κ3) is 4.48. The summed E-state index contributed by atoms with van der Waals surface area (Å²) < 4.78 is 5.32. The summed E-state index contributed by atoms with van der Waals surface area (Å²) in [7, 11) is 0. The van der Waals surface area contributed by atoms with Gasteiger partial charge in [-0.15, -0.1) is 0 Å². The van der Waals surface area contributed by atoms with Gasteiger partial charge in [-0.3, -0.25) is 14.5 Å². The normalized spacial score (nSPS) is 27.3. The Morgan fingerprint density at radius 3 is 2.33 bits per heavy atom. The standard InChI is InChI=1S/C18H31N3O3/c1-15-3-2-6-21(13-15)17(22)14-19-7-4-16(5-8-19)18(23)20-9-11-24-12-10-20/h15-16H,2-14H2,1H3. The fraction of sp³-hybridized carbons (Fsp3) is 0.889. The zero-order valence-electron chi connectivity index (χ0n) is 14.9. The van der Waals surface area contributed by atoms with Gasteiger partial charge in [0, 0.05) is 32.1 Å². The third-order valence-corrected chi connectivity index (χ3v) is 5.63. The minimum absolute atomic E-state index is 0.129. The van der Waals surface area contributed by atoms with E-state index in [1.165, 1.54) is 6.42 Å². The highest BCUT2D eigenvalue weighted by Crippen LogP contribution is 2.21. The molecule has 3 fully saturated rings. The number of hydrogen-bond acceptors (Lipinski definition) is 4. The van der Waals surface area contributed by atoms with E-state index in [1.807, 2.05) is 9.80 Å². The Labute approximate surface area is 145 Å². The SMILES string of the molecule is CC1CCCN(C(=O)CN2CCC(C(=O)N3CCOCC3)CC2)C1. The van der Waals surface area contributed by atoms with Crippen molar-refractivity contribution in [2.75, 3.05) is 59.0 Å². The number of nitrogens with zero attached hydrogens (tertiary/aromatic N) is 3. The lowest BCUT2D eigenvalue weighted by Crippen LogP contribution is -2.49. The molecule has 3 rings (SSSR count). The second kappa shape index (κ2) is 8.30. The number of amides is 2. The van der Waals surface area contributed by atoms with Crippen LogP contribution in [0.5, 0.6) is 0 Å². The third-order valence-electron chi connectivity index (χ3n) is 5.63. The molecular formula is C18H31N3O3. The molecule has 0 bridgehead atoms. The molecule has 3 aliphatic rings. The molecule has 6 heteroatoms. The van der Waals surface area contributed by atoms with E-state index in [1.54, 1.807) is 0 Å². The van der Waals surface area contributed by atoms with Gasteiger partial charge in [0.1, 0.15) is 0 Å². The Morgan fingerprint density at radius 1 is 0.958 bits per heavy atom. The van der Waals surface area contributed by atoms with Gasteiger partial charge in [-0.25, -0.2) is 0 Å². The summed E-state index contributed by atoms with van der Waals surface area (Å²) in [6.45, 7) is 9.05. The molecule has 2 amide bonds. The summed E-state index contributed by atoms with van der Waals surface area (Å²) in [5, 5.41) is 0. The molecule has 1 unspecified atom stereocenters. The van der Waals surface area contributed by atoms with Gasteiger partial charge >= 0.3 is 0 Å². The Kier molecular flexibility index (Phi) is 6.11. The molecule has 0 N–H and O–H groups in total. The first-order valence-electron chi connectivity index (χ1n) is 9.50. The lowest BCUT2D eigenvalue weighted by molar-refractivity contribution is -0.141. The van der Waals surface area contributed by atoms with E-state index in [9.17, 15) is 9.59 Å². The van der Waals surface area contributed by atoms with Crippen LogP contribution in [0.25, 0.3) is 0 Å². The molecule has 0 saturated carbocycles. The molecule has 0 aromatic carbocycles. The first kappa shape index (κ1) is 17.7. The molecule has 0 radical (unpaired) electrons. The van der Waals surface area contributed by atoms with Crippen LogP contribution in [0, 0.1) is 11.8 Å². The number of hydrogen-bond donors (Lipinski definition) is 0.